The summed E-state index contributed by atoms with van der Waals surface area (Å²) in [6, 6.07) is 7.32. The standard InChI is InChI=1S/C18H15Cl2FN2O3/c1-26-18(25)13-6-11(19)7-14(20)17(13)22-16(24)9-23-5-4-10-2-3-12(21)8-15(10)23/h2-3,6-8H,4-5,9H2,1H3,(H,22,24). The van der Waals surface area contributed by atoms with E-state index in [2.05, 4.69) is 5.32 Å². The van der Waals surface area contributed by atoms with Gasteiger partial charge in [0.2, 0.25) is 5.91 Å². The van der Waals surface area contributed by atoms with Crippen LogP contribution in [0.25, 0.3) is 0 Å². The Bertz CT molecular complexity index is 889. The van der Waals surface area contributed by atoms with Gasteiger partial charge in [-0.15, -0.1) is 0 Å². The molecule has 0 radical (unpaired) electrons. The van der Waals surface area contributed by atoms with E-state index in [1.54, 1.807) is 11.0 Å². The summed E-state index contributed by atoms with van der Waals surface area (Å²) in [5.74, 6) is -1.42. The van der Waals surface area contributed by atoms with Gasteiger partial charge in [-0.2, -0.15) is 0 Å². The first-order valence-electron chi connectivity index (χ1n) is 7.79. The number of esters is 1. The van der Waals surface area contributed by atoms with Crippen molar-refractivity contribution in [1.82, 2.24) is 0 Å². The van der Waals surface area contributed by atoms with Gasteiger partial charge in [0.15, 0.2) is 0 Å². The van der Waals surface area contributed by atoms with Crippen molar-refractivity contribution in [1.29, 1.82) is 0 Å². The number of benzene rings is 2. The lowest BCUT2D eigenvalue weighted by Gasteiger charge is -2.20. The van der Waals surface area contributed by atoms with Gasteiger partial charge in [-0.05, 0) is 36.2 Å². The topological polar surface area (TPSA) is 58.6 Å². The van der Waals surface area contributed by atoms with Gasteiger partial charge in [0.25, 0.3) is 0 Å². The van der Waals surface area contributed by atoms with E-state index in [9.17, 15) is 14.0 Å². The van der Waals surface area contributed by atoms with Crippen LogP contribution in [0.5, 0.6) is 0 Å². The van der Waals surface area contributed by atoms with E-state index in [1.807, 2.05) is 0 Å². The van der Waals surface area contributed by atoms with Crippen LogP contribution in [0.1, 0.15) is 15.9 Å². The van der Waals surface area contributed by atoms with Crippen LogP contribution in [0.3, 0.4) is 0 Å². The Morgan fingerprint density at radius 2 is 2.04 bits per heavy atom. The number of amides is 1. The number of fused-ring (bicyclic) bond motifs is 1. The molecule has 0 aromatic heterocycles. The molecule has 1 aliphatic rings. The maximum absolute atomic E-state index is 13.5. The second-order valence-corrected chi connectivity index (χ2v) is 6.64. The number of hydrogen-bond acceptors (Lipinski definition) is 4. The highest BCUT2D eigenvalue weighted by Crippen LogP contribution is 2.32. The van der Waals surface area contributed by atoms with Gasteiger partial charge in [0, 0.05) is 17.3 Å². The number of anilines is 2. The van der Waals surface area contributed by atoms with Gasteiger partial charge in [-0.25, -0.2) is 9.18 Å². The molecular formula is C18H15Cl2FN2O3. The third kappa shape index (κ3) is 3.76. The van der Waals surface area contributed by atoms with Crippen molar-refractivity contribution in [3.8, 4) is 0 Å². The van der Waals surface area contributed by atoms with E-state index in [1.165, 1.54) is 31.4 Å². The average molecular weight is 397 g/mol. The second-order valence-electron chi connectivity index (χ2n) is 5.79. The van der Waals surface area contributed by atoms with E-state index >= 15 is 0 Å². The van der Waals surface area contributed by atoms with Crippen LogP contribution in [0.15, 0.2) is 30.3 Å². The minimum atomic E-state index is -0.668. The molecule has 136 valence electrons. The highest BCUT2D eigenvalue weighted by Gasteiger charge is 2.23. The maximum Gasteiger partial charge on any atom is 0.340 e. The third-order valence-electron chi connectivity index (χ3n) is 4.10. The van der Waals surface area contributed by atoms with Crippen molar-refractivity contribution >= 4 is 46.5 Å². The molecule has 1 N–H and O–H groups in total. The Balaban J connectivity index is 1.80. The number of hydrogen-bond donors (Lipinski definition) is 1. The molecule has 1 amide bonds. The summed E-state index contributed by atoms with van der Waals surface area (Å²) >= 11 is 12.0. The fraction of sp³-hybridized carbons (Fsp3) is 0.222. The van der Waals surface area contributed by atoms with Crippen LogP contribution >= 0.6 is 23.2 Å². The molecule has 8 heteroatoms. The molecule has 0 spiro atoms. The molecule has 0 saturated carbocycles. The lowest BCUT2D eigenvalue weighted by Crippen LogP contribution is -2.32. The molecule has 0 unspecified atom stereocenters. The zero-order chi connectivity index (χ0) is 18.8. The number of nitrogens with one attached hydrogen (secondary N) is 1. The number of methoxy groups -OCH3 is 1. The quantitative estimate of drug-likeness (QED) is 0.795. The van der Waals surface area contributed by atoms with Crippen molar-refractivity contribution < 1.29 is 18.7 Å². The van der Waals surface area contributed by atoms with E-state index < -0.39 is 11.9 Å². The van der Waals surface area contributed by atoms with Crippen LogP contribution in [0.2, 0.25) is 10.0 Å². The Morgan fingerprint density at radius 1 is 1.27 bits per heavy atom. The van der Waals surface area contributed by atoms with Gasteiger partial charge >= 0.3 is 5.97 Å². The minimum Gasteiger partial charge on any atom is -0.465 e. The lowest BCUT2D eigenvalue weighted by molar-refractivity contribution is -0.115. The first kappa shape index (κ1) is 18.5. The number of carbonyl (C=O) groups excluding carboxylic acids is 2. The Hall–Kier alpha value is -2.31. The zero-order valence-corrected chi connectivity index (χ0v) is 15.3. The molecule has 2 aromatic rings. The van der Waals surface area contributed by atoms with Crippen molar-refractivity contribution in [2.45, 2.75) is 6.42 Å². The average Bonchev–Trinajstić information content (AvgIpc) is 2.98. The Morgan fingerprint density at radius 3 is 2.77 bits per heavy atom. The van der Waals surface area contributed by atoms with Crippen molar-refractivity contribution in [3.05, 3.63) is 57.3 Å². The summed E-state index contributed by atoms with van der Waals surface area (Å²) in [4.78, 5) is 26.2. The summed E-state index contributed by atoms with van der Waals surface area (Å²) in [5.41, 5.74) is 1.87. The van der Waals surface area contributed by atoms with Gasteiger partial charge in [0.05, 0.1) is 29.9 Å². The van der Waals surface area contributed by atoms with Gasteiger partial charge < -0.3 is 15.0 Å². The Kier molecular flexibility index (Phi) is 5.34. The second kappa shape index (κ2) is 7.51. The molecule has 3 rings (SSSR count). The van der Waals surface area contributed by atoms with Crippen molar-refractivity contribution in [3.63, 3.8) is 0 Å². The zero-order valence-electron chi connectivity index (χ0n) is 13.8. The molecule has 26 heavy (non-hydrogen) atoms. The summed E-state index contributed by atoms with van der Waals surface area (Å²) in [5, 5.41) is 3.00. The van der Waals surface area contributed by atoms with E-state index in [0.717, 1.165) is 12.0 Å². The summed E-state index contributed by atoms with van der Waals surface area (Å²) in [7, 11) is 1.22. The largest absolute Gasteiger partial charge is 0.465 e. The first-order chi connectivity index (χ1) is 12.4. The predicted octanol–water partition coefficient (Wildman–Crippen LogP) is 3.92. The lowest BCUT2D eigenvalue weighted by atomic mass is 10.1. The molecule has 0 fully saturated rings. The SMILES string of the molecule is COC(=O)c1cc(Cl)cc(Cl)c1NC(=O)CN1CCc2ccc(F)cc21. The highest BCUT2D eigenvalue weighted by molar-refractivity contribution is 6.37. The monoisotopic (exact) mass is 396 g/mol. The molecule has 0 aliphatic carbocycles. The minimum absolute atomic E-state index is 0.00395. The number of nitrogens with zero attached hydrogens (tertiary/aromatic N) is 1. The van der Waals surface area contributed by atoms with Crippen LogP contribution in [-0.2, 0) is 16.0 Å². The fourth-order valence-electron chi connectivity index (χ4n) is 2.91. The van der Waals surface area contributed by atoms with Gasteiger partial charge in [-0.3, -0.25) is 4.79 Å². The van der Waals surface area contributed by atoms with Crippen LogP contribution in [0.4, 0.5) is 15.8 Å². The van der Waals surface area contributed by atoms with E-state index in [4.69, 9.17) is 27.9 Å². The molecule has 2 aromatic carbocycles. The van der Waals surface area contributed by atoms with Crippen LogP contribution in [0, 0.1) is 5.82 Å². The predicted molar refractivity (Wildman–Crippen MR) is 98.7 cm³/mol. The maximum atomic E-state index is 13.5. The number of ether oxygens (including phenoxy) is 1. The molecule has 0 bridgehead atoms. The third-order valence-corrected chi connectivity index (χ3v) is 4.61. The first-order valence-corrected chi connectivity index (χ1v) is 8.55. The fourth-order valence-corrected chi connectivity index (χ4v) is 3.45. The van der Waals surface area contributed by atoms with Gasteiger partial charge in [0.1, 0.15) is 5.82 Å². The van der Waals surface area contributed by atoms with Gasteiger partial charge in [-0.1, -0.05) is 29.3 Å². The smallest absolute Gasteiger partial charge is 0.340 e. The van der Waals surface area contributed by atoms with E-state index in [0.29, 0.717) is 12.2 Å². The number of carbonyl (C=O) groups is 2. The van der Waals surface area contributed by atoms with Crippen molar-refractivity contribution in [2.24, 2.45) is 0 Å². The van der Waals surface area contributed by atoms with E-state index in [-0.39, 0.29) is 33.7 Å². The Labute approximate surface area is 159 Å². The molecule has 1 heterocycles. The number of rotatable bonds is 4. The normalized spacial score (nSPS) is 12.7. The summed E-state index contributed by atoms with van der Waals surface area (Å²) in [6.45, 7) is 0.598. The summed E-state index contributed by atoms with van der Waals surface area (Å²) < 4.78 is 18.2. The molecular weight excluding hydrogens is 382 g/mol. The summed E-state index contributed by atoms with van der Waals surface area (Å²) in [6.07, 6.45) is 0.734. The molecule has 5 nitrogen and oxygen atoms in total. The van der Waals surface area contributed by atoms with Crippen molar-refractivity contribution in [2.75, 3.05) is 30.4 Å². The van der Waals surface area contributed by atoms with Crippen LogP contribution in [-0.4, -0.2) is 32.1 Å². The number of halogens is 3. The molecule has 1 aliphatic heterocycles. The highest BCUT2D eigenvalue weighted by atomic mass is 35.5. The van der Waals surface area contributed by atoms with Crippen LogP contribution < -0.4 is 10.2 Å². The molecule has 0 saturated heterocycles. The molecule has 0 atom stereocenters.